The lowest BCUT2D eigenvalue weighted by molar-refractivity contribution is -0.134. The van der Waals surface area contributed by atoms with E-state index in [9.17, 15) is 9.59 Å². The molecule has 0 saturated carbocycles. The zero-order valence-electron chi connectivity index (χ0n) is 16.1. The average molecular weight is 361 g/mol. The van der Waals surface area contributed by atoms with Gasteiger partial charge in [-0.3, -0.25) is 9.59 Å². The van der Waals surface area contributed by atoms with Crippen LogP contribution in [-0.2, 0) is 9.59 Å². The molecule has 2 amide bonds. The summed E-state index contributed by atoms with van der Waals surface area (Å²) in [6.07, 6.45) is 6.87. The first kappa shape index (κ1) is 20.2. The van der Waals surface area contributed by atoms with Gasteiger partial charge in [0.1, 0.15) is 5.82 Å². The third-order valence-electron chi connectivity index (χ3n) is 4.82. The number of aromatic nitrogens is 1. The van der Waals surface area contributed by atoms with Crippen molar-refractivity contribution >= 4 is 17.6 Å². The lowest BCUT2D eigenvalue weighted by atomic mass is 10.1. The molecule has 1 fully saturated rings. The molecule has 0 radical (unpaired) electrons. The maximum atomic E-state index is 12.4. The van der Waals surface area contributed by atoms with Crippen molar-refractivity contribution in [2.45, 2.75) is 58.4 Å². The Hall–Kier alpha value is -2.11. The second kappa shape index (κ2) is 10.8. The highest BCUT2D eigenvalue weighted by atomic mass is 16.2. The number of carbonyl (C=O) groups is 2. The molecule has 6 nitrogen and oxygen atoms in total. The van der Waals surface area contributed by atoms with Crippen LogP contribution in [0, 0.1) is 0 Å². The molecular weight excluding hydrogens is 328 g/mol. The average Bonchev–Trinajstić information content (AvgIpc) is 2.67. The van der Waals surface area contributed by atoms with Crippen LogP contribution in [0.25, 0.3) is 0 Å². The Morgan fingerprint density at radius 2 is 1.92 bits per heavy atom. The summed E-state index contributed by atoms with van der Waals surface area (Å²) in [6.45, 7) is 7.14. The van der Waals surface area contributed by atoms with Crippen LogP contribution in [0.2, 0.25) is 0 Å². The van der Waals surface area contributed by atoms with Gasteiger partial charge in [-0.2, -0.15) is 0 Å². The molecule has 1 aromatic heterocycles. The summed E-state index contributed by atoms with van der Waals surface area (Å²) < 4.78 is 0. The predicted octanol–water partition coefficient (Wildman–Crippen LogP) is 2.60. The number of piperazine rings is 1. The van der Waals surface area contributed by atoms with Crippen LogP contribution in [0.5, 0.6) is 0 Å². The maximum Gasteiger partial charge on any atom is 0.223 e. The summed E-state index contributed by atoms with van der Waals surface area (Å²) in [5.74, 6) is 1.00. The van der Waals surface area contributed by atoms with Gasteiger partial charge in [-0.1, -0.05) is 32.3 Å². The molecule has 6 heteroatoms. The number of hydrogen-bond acceptors (Lipinski definition) is 4. The van der Waals surface area contributed by atoms with Gasteiger partial charge in [0.05, 0.1) is 0 Å². The smallest absolute Gasteiger partial charge is 0.223 e. The van der Waals surface area contributed by atoms with Gasteiger partial charge in [0.2, 0.25) is 11.8 Å². The first-order valence-corrected chi connectivity index (χ1v) is 9.83. The molecule has 2 heterocycles. The van der Waals surface area contributed by atoms with E-state index in [-0.39, 0.29) is 30.7 Å². The Balaban J connectivity index is 1.65. The van der Waals surface area contributed by atoms with Gasteiger partial charge in [0.25, 0.3) is 0 Å². The molecule has 1 unspecified atom stereocenters. The number of pyridine rings is 1. The second-order valence-electron chi connectivity index (χ2n) is 7.02. The Morgan fingerprint density at radius 1 is 1.15 bits per heavy atom. The summed E-state index contributed by atoms with van der Waals surface area (Å²) in [7, 11) is 0. The summed E-state index contributed by atoms with van der Waals surface area (Å²) in [5, 5.41) is 3.00. The summed E-state index contributed by atoms with van der Waals surface area (Å²) >= 11 is 0. The topological polar surface area (TPSA) is 65.5 Å². The number of unbranched alkanes of at least 4 members (excludes halogenated alkanes) is 2. The monoisotopic (exact) mass is 360 g/mol. The van der Waals surface area contributed by atoms with Gasteiger partial charge >= 0.3 is 0 Å². The van der Waals surface area contributed by atoms with Crippen LogP contribution in [0.15, 0.2) is 24.4 Å². The van der Waals surface area contributed by atoms with Gasteiger partial charge in [0, 0.05) is 51.3 Å². The van der Waals surface area contributed by atoms with E-state index in [0.717, 1.165) is 31.7 Å². The third-order valence-corrected chi connectivity index (χ3v) is 4.82. The van der Waals surface area contributed by atoms with Crippen LogP contribution < -0.4 is 10.2 Å². The number of amides is 2. The lowest BCUT2D eigenvalue weighted by Crippen LogP contribution is -2.49. The van der Waals surface area contributed by atoms with E-state index < -0.39 is 0 Å². The lowest BCUT2D eigenvalue weighted by Gasteiger charge is -2.35. The molecule has 144 valence electrons. The molecule has 0 aliphatic carbocycles. The number of anilines is 1. The van der Waals surface area contributed by atoms with Crippen LogP contribution in [-0.4, -0.2) is 53.9 Å². The highest BCUT2D eigenvalue weighted by molar-refractivity contribution is 5.84. The van der Waals surface area contributed by atoms with Crippen molar-refractivity contribution in [3.8, 4) is 0 Å². The van der Waals surface area contributed by atoms with Crippen molar-refractivity contribution in [2.75, 3.05) is 31.1 Å². The minimum atomic E-state index is -0.0190. The van der Waals surface area contributed by atoms with Crippen molar-refractivity contribution in [3.63, 3.8) is 0 Å². The number of hydrogen-bond donors (Lipinski definition) is 1. The predicted molar refractivity (Wildman–Crippen MR) is 104 cm³/mol. The highest BCUT2D eigenvalue weighted by Crippen LogP contribution is 2.13. The number of carbonyl (C=O) groups excluding carboxylic acids is 2. The molecular formula is C20H32N4O2. The summed E-state index contributed by atoms with van der Waals surface area (Å²) in [6, 6.07) is 6.05. The zero-order valence-corrected chi connectivity index (χ0v) is 16.1. The second-order valence-corrected chi connectivity index (χ2v) is 7.02. The molecule has 1 atom stereocenters. The molecule has 1 aromatic rings. The first-order chi connectivity index (χ1) is 12.6. The van der Waals surface area contributed by atoms with Gasteiger partial charge < -0.3 is 15.1 Å². The van der Waals surface area contributed by atoms with Crippen LogP contribution in [0.4, 0.5) is 5.82 Å². The van der Waals surface area contributed by atoms with Gasteiger partial charge in [-0.15, -0.1) is 0 Å². The van der Waals surface area contributed by atoms with E-state index in [4.69, 9.17) is 0 Å². The number of nitrogens with one attached hydrogen (secondary N) is 1. The fourth-order valence-electron chi connectivity index (χ4n) is 3.22. The van der Waals surface area contributed by atoms with E-state index in [1.54, 1.807) is 6.20 Å². The van der Waals surface area contributed by atoms with Gasteiger partial charge in [-0.05, 0) is 25.5 Å². The quantitative estimate of drug-likeness (QED) is 0.688. The largest absolute Gasteiger partial charge is 0.354 e. The molecule has 0 bridgehead atoms. The van der Waals surface area contributed by atoms with E-state index in [1.807, 2.05) is 30.0 Å². The van der Waals surface area contributed by atoms with Crippen molar-refractivity contribution in [1.29, 1.82) is 0 Å². The fourth-order valence-corrected chi connectivity index (χ4v) is 3.22. The molecule has 1 aliphatic rings. The molecule has 1 saturated heterocycles. The summed E-state index contributed by atoms with van der Waals surface area (Å²) in [5.41, 5.74) is 0. The van der Waals surface area contributed by atoms with E-state index in [1.165, 1.54) is 12.8 Å². The van der Waals surface area contributed by atoms with E-state index in [2.05, 4.69) is 22.1 Å². The van der Waals surface area contributed by atoms with Crippen LogP contribution >= 0.6 is 0 Å². The fraction of sp³-hybridized carbons (Fsp3) is 0.650. The molecule has 1 N–H and O–H groups in total. The molecule has 2 rings (SSSR count). The molecule has 26 heavy (non-hydrogen) atoms. The van der Waals surface area contributed by atoms with E-state index >= 15 is 0 Å². The minimum Gasteiger partial charge on any atom is -0.354 e. The van der Waals surface area contributed by atoms with Crippen molar-refractivity contribution < 1.29 is 9.59 Å². The zero-order chi connectivity index (χ0) is 18.8. The Morgan fingerprint density at radius 3 is 2.58 bits per heavy atom. The Bertz CT molecular complexity index is 556. The van der Waals surface area contributed by atoms with Crippen molar-refractivity contribution in [1.82, 2.24) is 15.2 Å². The SMILES string of the molecule is CCCCCC(C)NC(=O)CCC(=O)N1CCN(c2ccccn2)CC1. The van der Waals surface area contributed by atoms with Gasteiger partial charge in [0.15, 0.2) is 0 Å². The molecule has 0 aromatic carbocycles. The number of rotatable bonds is 9. The molecule has 0 spiro atoms. The van der Waals surface area contributed by atoms with Gasteiger partial charge in [-0.25, -0.2) is 4.98 Å². The Labute approximate surface area is 157 Å². The minimum absolute atomic E-state index is 0.0190. The highest BCUT2D eigenvalue weighted by Gasteiger charge is 2.22. The summed E-state index contributed by atoms with van der Waals surface area (Å²) in [4.78, 5) is 32.8. The van der Waals surface area contributed by atoms with Crippen LogP contribution in [0.3, 0.4) is 0 Å². The van der Waals surface area contributed by atoms with Crippen molar-refractivity contribution in [2.24, 2.45) is 0 Å². The number of nitrogens with zero attached hydrogens (tertiary/aromatic N) is 3. The standard InChI is InChI=1S/C20H32N4O2/c1-3-4-5-8-17(2)22-19(25)10-11-20(26)24-15-13-23(14-16-24)18-9-6-7-12-21-18/h6-7,9,12,17H,3-5,8,10-11,13-16H2,1-2H3,(H,22,25). The third kappa shape index (κ3) is 6.65. The first-order valence-electron chi connectivity index (χ1n) is 9.83. The van der Waals surface area contributed by atoms with Crippen molar-refractivity contribution in [3.05, 3.63) is 24.4 Å². The van der Waals surface area contributed by atoms with Crippen LogP contribution in [0.1, 0.15) is 52.4 Å². The normalized spacial score (nSPS) is 15.6. The van der Waals surface area contributed by atoms with E-state index in [0.29, 0.717) is 13.1 Å². The Kier molecular flexibility index (Phi) is 8.38. The molecule has 1 aliphatic heterocycles. The maximum absolute atomic E-state index is 12.4.